The molecule has 124 valence electrons. The van der Waals surface area contributed by atoms with Gasteiger partial charge in [-0.2, -0.15) is 0 Å². The Bertz CT molecular complexity index is 695. The lowest BCUT2D eigenvalue weighted by molar-refractivity contribution is 0.402. The average molecular weight is 332 g/mol. The number of hydrogen-bond donors (Lipinski definition) is 1. The average Bonchev–Trinajstić information content (AvgIpc) is 3.35. The predicted octanol–water partition coefficient (Wildman–Crippen LogP) is 3.75. The van der Waals surface area contributed by atoms with Crippen LogP contribution < -0.4 is 9.46 Å². The smallest absolute Gasteiger partial charge is 0.221 e. The Morgan fingerprint density at radius 1 is 1.26 bits per heavy atom. The van der Waals surface area contributed by atoms with Crippen molar-refractivity contribution >= 4 is 22.1 Å². The highest BCUT2D eigenvalue weighted by Crippen LogP contribution is 2.44. The monoisotopic (exact) mass is 332 g/mol. The van der Waals surface area contributed by atoms with Crippen LogP contribution in [0.2, 0.25) is 0 Å². The zero-order chi connectivity index (χ0) is 16.6. The van der Waals surface area contributed by atoms with Gasteiger partial charge in [-0.05, 0) is 51.0 Å². The van der Waals surface area contributed by atoms with Crippen molar-refractivity contribution in [3.63, 3.8) is 0 Å². The molecule has 1 N–H and O–H groups in total. The molecule has 3 rings (SSSR count). The fourth-order valence-corrected chi connectivity index (χ4v) is 3.64. The number of methoxy groups -OCH3 is 1. The minimum Gasteiger partial charge on any atom is -0.598 e. The molecule has 0 aliphatic heterocycles. The molecule has 0 spiro atoms. The summed E-state index contributed by atoms with van der Waals surface area (Å²) in [5.74, 6) is 1.16. The fourth-order valence-electron chi connectivity index (χ4n) is 2.73. The van der Waals surface area contributed by atoms with Crippen molar-refractivity contribution in [1.82, 2.24) is 9.71 Å². The van der Waals surface area contributed by atoms with Crippen LogP contribution >= 0.6 is 0 Å². The third-order valence-corrected chi connectivity index (χ3v) is 5.78. The van der Waals surface area contributed by atoms with Crippen molar-refractivity contribution in [3.8, 4) is 5.88 Å². The zero-order valence-corrected chi connectivity index (χ0v) is 14.9. The summed E-state index contributed by atoms with van der Waals surface area (Å²) in [6, 6.07) is 8.19. The van der Waals surface area contributed by atoms with E-state index >= 15 is 0 Å². The van der Waals surface area contributed by atoms with Crippen LogP contribution in [0.15, 0.2) is 30.5 Å². The molecule has 1 aromatic heterocycles. The summed E-state index contributed by atoms with van der Waals surface area (Å²) in [6.07, 6.45) is 4.20. The van der Waals surface area contributed by atoms with Crippen molar-refractivity contribution in [1.29, 1.82) is 0 Å². The van der Waals surface area contributed by atoms with Crippen molar-refractivity contribution in [2.45, 2.75) is 44.4 Å². The van der Waals surface area contributed by atoms with Gasteiger partial charge in [-0.1, -0.05) is 18.2 Å². The van der Waals surface area contributed by atoms with Gasteiger partial charge in [0, 0.05) is 28.5 Å². The van der Waals surface area contributed by atoms with Gasteiger partial charge in [0.1, 0.15) is 4.75 Å². The molecule has 2 aromatic rings. The number of nitrogens with one attached hydrogen (secondary N) is 1. The third-order valence-electron chi connectivity index (χ3n) is 4.20. The molecule has 1 saturated carbocycles. The summed E-state index contributed by atoms with van der Waals surface area (Å²) in [4.78, 5) is 4.46. The number of pyridine rings is 1. The lowest BCUT2D eigenvalue weighted by Gasteiger charge is -2.28. The van der Waals surface area contributed by atoms with E-state index in [0.717, 1.165) is 16.3 Å². The van der Waals surface area contributed by atoms with E-state index in [4.69, 9.17) is 4.74 Å². The van der Waals surface area contributed by atoms with Crippen molar-refractivity contribution in [2.75, 3.05) is 7.11 Å². The highest BCUT2D eigenvalue weighted by molar-refractivity contribution is 7.90. The second-order valence-corrected chi connectivity index (χ2v) is 9.08. The first kappa shape index (κ1) is 16.6. The lowest BCUT2D eigenvalue weighted by Crippen LogP contribution is -2.42. The summed E-state index contributed by atoms with van der Waals surface area (Å²) < 4.78 is 21.0. The van der Waals surface area contributed by atoms with E-state index in [1.807, 2.05) is 45.2 Å². The Kier molecular flexibility index (Phi) is 4.54. The van der Waals surface area contributed by atoms with E-state index in [1.165, 1.54) is 12.8 Å². The Morgan fingerprint density at radius 3 is 2.48 bits per heavy atom. The van der Waals surface area contributed by atoms with Crippen LogP contribution in [0.1, 0.15) is 45.2 Å². The molecule has 1 aliphatic carbocycles. The topological polar surface area (TPSA) is 57.2 Å². The second kappa shape index (κ2) is 6.30. The first-order valence-corrected chi connectivity index (χ1v) is 9.16. The van der Waals surface area contributed by atoms with Crippen LogP contribution in [0.5, 0.6) is 5.88 Å². The summed E-state index contributed by atoms with van der Waals surface area (Å²) in [7, 11) is 1.64. The molecular formula is C18H24N2O2S. The van der Waals surface area contributed by atoms with Gasteiger partial charge in [0.25, 0.3) is 0 Å². The summed E-state index contributed by atoms with van der Waals surface area (Å²) in [5.41, 5.74) is 1.11. The normalized spacial score (nSPS) is 18.0. The SMILES string of the molecule is COc1ncc([C@@H](N[S+]([O-])C(C)(C)C)C2CC2)c2ccccc12. The fraction of sp³-hybridized carbons (Fsp3) is 0.500. The number of ether oxygens (including phenoxy) is 1. The van der Waals surface area contributed by atoms with Crippen LogP contribution in [0, 0.1) is 5.92 Å². The molecule has 0 amide bonds. The highest BCUT2D eigenvalue weighted by Gasteiger charge is 2.39. The maximum Gasteiger partial charge on any atom is 0.221 e. The van der Waals surface area contributed by atoms with Crippen molar-refractivity contribution < 1.29 is 9.29 Å². The van der Waals surface area contributed by atoms with E-state index in [0.29, 0.717) is 11.8 Å². The summed E-state index contributed by atoms with van der Waals surface area (Å²) >= 11 is -1.11. The van der Waals surface area contributed by atoms with Gasteiger partial charge >= 0.3 is 0 Å². The molecule has 0 radical (unpaired) electrons. The predicted molar refractivity (Wildman–Crippen MR) is 94.8 cm³/mol. The van der Waals surface area contributed by atoms with Crippen LogP contribution in [-0.2, 0) is 11.4 Å². The number of rotatable bonds is 5. The van der Waals surface area contributed by atoms with Crippen LogP contribution in [0.4, 0.5) is 0 Å². The molecule has 1 aliphatic rings. The summed E-state index contributed by atoms with van der Waals surface area (Å²) in [5, 5.41) is 2.12. The van der Waals surface area contributed by atoms with Crippen molar-refractivity contribution in [3.05, 3.63) is 36.0 Å². The second-order valence-electron chi connectivity index (χ2n) is 7.08. The lowest BCUT2D eigenvalue weighted by atomic mass is 9.99. The molecule has 4 nitrogen and oxygen atoms in total. The molecule has 1 aromatic carbocycles. The number of aromatic nitrogens is 1. The minimum atomic E-state index is -1.11. The van der Waals surface area contributed by atoms with Gasteiger partial charge in [-0.3, -0.25) is 0 Å². The number of nitrogens with zero attached hydrogens (tertiary/aromatic N) is 1. The molecular weight excluding hydrogens is 308 g/mol. The standard InChI is InChI=1S/C18H24N2O2S/c1-18(2,3)23(21)20-16(12-9-10-12)15-11-19-17(22-4)14-8-6-5-7-13(14)15/h5-8,11-12,16,20H,9-10H2,1-4H3/t16-,23?/m0/s1. The molecule has 5 heteroatoms. The van der Waals surface area contributed by atoms with E-state index in [1.54, 1.807) is 7.11 Å². The zero-order valence-electron chi connectivity index (χ0n) is 14.1. The van der Waals surface area contributed by atoms with Crippen molar-refractivity contribution in [2.24, 2.45) is 5.92 Å². The molecule has 23 heavy (non-hydrogen) atoms. The van der Waals surface area contributed by atoms with E-state index in [-0.39, 0.29) is 10.8 Å². The first-order chi connectivity index (χ1) is 10.9. The number of hydrogen-bond acceptors (Lipinski definition) is 4. The largest absolute Gasteiger partial charge is 0.598 e. The maximum absolute atomic E-state index is 12.6. The molecule has 0 saturated heterocycles. The van der Waals surface area contributed by atoms with Gasteiger partial charge in [-0.25, -0.2) is 4.98 Å². The minimum absolute atomic E-state index is 0.0679. The third kappa shape index (κ3) is 3.47. The molecule has 2 atom stereocenters. The Hall–Kier alpha value is -1.30. The summed E-state index contributed by atoms with van der Waals surface area (Å²) in [6.45, 7) is 5.97. The molecule has 1 heterocycles. The molecule has 1 unspecified atom stereocenters. The molecule has 0 bridgehead atoms. The highest BCUT2D eigenvalue weighted by atomic mass is 32.2. The Morgan fingerprint density at radius 2 is 1.91 bits per heavy atom. The van der Waals surface area contributed by atoms with E-state index < -0.39 is 11.4 Å². The first-order valence-electron chi connectivity index (χ1n) is 8.01. The van der Waals surface area contributed by atoms with Gasteiger partial charge in [0.15, 0.2) is 0 Å². The van der Waals surface area contributed by atoms with Gasteiger partial charge < -0.3 is 9.29 Å². The Balaban J connectivity index is 2.02. The van der Waals surface area contributed by atoms with Crippen LogP contribution in [0.25, 0.3) is 10.8 Å². The number of benzene rings is 1. The van der Waals surface area contributed by atoms with E-state index in [9.17, 15) is 4.55 Å². The molecule has 1 fully saturated rings. The quantitative estimate of drug-likeness (QED) is 0.847. The Labute approximate surface area is 141 Å². The van der Waals surface area contributed by atoms with E-state index in [2.05, 4.69) is 15.8 Å². The van der Waals surface area contributed by atoms with Crippen LogP contribution in [0.3, 0.4) is 0 Å². The maximum atomic E-state index is 12.6. The van der Waals surface area contributed by atoms with Gasteiger partial charge in [-0.15, -0.1) is 4.72 Å². The number of fused-ring (bicyclic) bond motifs is 1. The van der Waals surface area contributed by atoms with Gasteiger partial charge in [0.05, 0.1) is 13.2 Å². The van der Waals surface area contributed by atoms with Gasteiger partial charge in [0.2, 0.25) is 5.88 Å². The van der Waals surface area contributed by atoms with Crippen LogP contribution in [-0.4, -0.2) is 21.4 Å².